The molecule has 0 aromatic carbocycles. The van der Waals surface area contributed by atoms with Crippen LogP contribution in [0.15, 0.2) is 18.6 Å². The van der Waals surface area contributed by atoms with Gasteiger partial charge in [-0.15, -0.1) is 11.3 Å². The second-order valence-corrected chi connectivity index (χ2v) is 4.39. The molecule has 80 valence electrons. The molecule has 0 saturated heterocycles. The Kier molecular flexibility index (Phi) is 3.34. The lowest BCUT2D eigenvalue weighted by Crippen LogP contribution is -2.00. The maximum absolute atomic E-state index is 4.30. The van der Waals surface area contributed by atoms with E-state index >= 15 is 0 Å². The van der Waals surface area contributed by atoms with E-state index in [-0.39, 0.29) is 0 Å². The predicted molar refractivity (Wildman–Crippen MR) is 62.0 cm³/mol. The number of nitrogens with one attached hydrogen (secondary N) is 2. The number of nitrogens with zero attached hydrogens (tertiary/aromatic N) is 2. The molecule has 4 nitrogen and oxygen atoms in total. The van der Waals surface area contributed by atoms with Gasteiger partial charge in [0.2, 0.25) is 0 Å². The highest BCUT2D eigenvalue weighted by atomic mass is 32.1. The Balaban J connectivity index is 1.88. The summed E-state index contributed by atoms with van der Waals surface area (Å²) in [5, 5.41) is 4.21. The number of aryl methyl sites for hydroxylation is 1. The molecule has 0 aliphatic rings. The third kappa shape index (κ3) is 2.79. The molecule has 15 heavy (non-hydrogen) atoms. The molecule has 0 amide bonds. The quantitative estimate of drug-likeness (QED) is 0.817. The van der Waals surface area contributed by atoms with Crippen molar-refractivity contribution in [1.29, 1.82) is 0 Å². The summed E-state index contributed by atoms with van der Waals surface area (Å²) in [4.78, 5) is 12.8. The van der Waals surface area contributed by atoms with E-state index in [0.717, 1.165) is 17.4 Å². The van der Waals surface area contributed by atoms with E-state index in [9.17, 15) is 0 Å². The van der Waals surface area contributed by atoms with Crippen LogP contribution < -0.4 is 5.32 Å². The van der Waals surface area contributed by atoms with Gasteiger partial charge in [-0.25, -0.2) is 9.97 Å². The van der Waals surface area contributed by atoms with E-state index in [1.165, 1.54) is 11.3 Å². The van der Waals surface area contributed by atoms with Crippen LogP contribution in [0.2, 0.25) is 0 Å². The topological polar surface area (TPSA) is 53.6 Å². The standard InChI is InChI=1S/C10H14N4S/c1-2-3-8-6-13-10(15-8)14-7-9-11-4-5-12-9/h4-6H,2-3,7H2,1H3,(H,11,12)(H,13,14). The van der Waals surface area contributed by atoms with Crippen molar-refractivity contribution in [1.82, 2.24) is 15.0 Å². The summed E-state index contributed by atoms with van der Waals surface area (Å²) in [7, 11) is 0. The molecule has 2 N–H and O–H groups in total. The van der Waals surface area contributed by atoms with Gasteiger partial charge in [0, 0.05) is 23.5 Å². The first-order valence-corrected chi connectivity index (χ1v) is 5.87. The zero-order valence-corrected chi connectivity index (χ0v) is 9.47. The summed E-state index contributed by atoms with van der Waals surface area (Å²) in [5.41, 5.74) is 0. The molecule has 0 fully saturated rings. The second kappa shape index (κ2) is 4.93. The van der Waals surface area contributed by atoms with Crippen LogP contribution >= 0.6 is 11.3 Å². The van der Waals surface area contributed by atoms with E-state index in [4.69, 9.17) is 0 Å². The molecule has 0 radical (unpaired) electrons. The van der Waals surface area contributed by atoms with Gasteiger partial charge in [-0.1, -0.05) is 13.3 Å². The Bertz CT molecular complexity index is 393. The SMILES string of the molecule is CCCc1cnc(NCc2ncc[nH]2)s1. The van der Waals surface area contributed by atoms with Gasteiger partial charge in [0.05, 0.1) is 6.54 Å². The van der Waals surface area contributed by atoms with E-state index in [0.29, 0.717) is 6.54 Å². The minimum Gasteiger partial charge on any atom is -0.354 e. The Morgan fingerprint density at radius 1 is 1.47 bits per heavy atom. The van der Waals surface area contributed by atoms with Crippen molar-refractivity contribution in [2.75, 3.05) is 5.32 Å². The smallest absolute Gasteiger partial charge is 0.183 e. The molecular formula is C10H14N4S. The van der Waals surface area contributed by atoms with E-state index in [1.807, 2.05) is 12.4 Å². The van der Waals surface area contributed by atoms with Crippen molar-refractivity contribution in [2.45, 2.75) is 26.3 Å². The minimum absolute atomic E-state index is 0.700. The molecule has 0 bridgehead atoms. The second-order valence-electron chi connectivity index (χ2n) is 3.27. The number of hydrogen-bond donors (Lipinski definition) is 2. The number of hydrogen-bond acceptors (Lipinski definition) is 4. The lowest BCUT2D eigenvalue weighted by atomic mass is 10.3. The summed E-state index contributed by atoms with van der Waals surface area (Å²) in [5.74, 6) is 0.933. The monoisotopic (exact) mass is 222 g/mol. The van der Waals surface area contributed by atoms with Crippen molar-refractivity contribution in [2.24, 2.45) is 0 Å². The third-order valence-corrected chi connectivity index (χ3v) is 3.03. The first kappa shape index (κ1) is 10.2. The van der Waals surface area contributed by atoms with Gasteiger partial charge in [0.25, 0.3) is 0 Å². The third-order valence-electron chi connectivity index (χ3n) is 2.01. The molecule has 2 rings (SSSR count). The zero-order valence-electron chi connectivity index (χ0n) is 8.66. The lowest BCUT2D eigenvalue weighted by Gasteiger charge is -1.97. The van der Waals surface area contributed by atoms with Crippen molar-refractivity contribution >= 4 is 16.5 Å². The van der Waals surface area contributed by atoms with Gasteiger partial charge in [-0.2, -0.15) is 0 Å². The number of imidazole rings is 1. The summed E-state index contributed by atoms with van der Waals surface area (Å²) in [6.07, 6.45) is 7.79. The van der Waals surface area contributed by atoms with Gasteiger partial charge in [-0.3, -0.25) is 0 Å². The number of rotatable bonds is 5. The van der Waals surface area contributed by atoms with Gasteiger partial charge < -0.3 is 10.3 Å². The number of aromatic amines is 1. The average molecular weight is 222 g/mol. The highest BCUT2D eigenvalue weighted by Crippen LogP contribution is 2.19. The highest BCUT2D eigenvalue weighted by Gasteiger charge is 2.01. The van der Waals surface area contributed by atoms with Crippen LogP contribution in [0.25, 0.3) is 0 Å². The van der Waals surface area contributed by atoms with Crippen LogP contribution in [0.4, 0.5) is 5.13 Å². The first-order valence-electron chi connectivity index (χ1n) is 5.05. The fourth-order valence-electron chi connectivity index (χ4n) is 1.31. The average Bonchev–Trinajstić information content (AvgIpc) is 2.85. The van der Waals surface area contributed by atoms with Crippen LogP contribution in [0.1, 0.15) is 24.0 Å². The van der Waals surface area contributed by atoms with Crippen LogP contribution in [0.5, 0.6) is 0 Å². The predicted octanol–water partition coefficient (Wildman–Crippen LogP) is 2.43. The molecular weight excluding hydrogens is 208 g/mol. The Labute approximate surface area is 92.8 Å². The van der Waals surface area contributed by atoms with E-state index in [1.54, 1.807) is 17.5 Å². The molecule has 0 aliphatic heterocycles. The first-order chi connectivity index (χ1) is 7.38. The minimum atomic E-state index is 0.700. The van der Waals surface area contributed by atoms with Gasteiger partial charge in [-0.05, 0) is 6.42 Å². The van der Waals surface area contributed by atoms with Crippen LogP contribution in [-0.2, 0) is 13.0 Å². The molecule has 0 atom stereocenters. The van der Waals surface area contributed by atoms with E-state index in [2.05, 4.69) is 27.2 Å². The lowest BCUT2D eigenvalue weighted by molar-refractivity contribution is 0.936. The molecule has 2 heterocycles. The zero-order chi connectivity index (χ0) is 10.5. The number of anilines is 1. The molecule has 0 unspecified atom stereocenters. The summed E-state index contributed by atoms with van der Waals surface area (Å²) in [6.45, 7) is 2.88. The highest BCUT2D eigenvalue weighted by molar-refractivity contribution is 7.15. The van der Waals surface area contributed by atoms with Gasteiger partial charge in [0.15, 0.2) is 5.13 Å². The molecule has 0 aliphatic carbocycles. The summed E-state index contributed by atoms with van der Waals surface area (Å²) >= 11 is 1.72. The number of aromatic nitrogens is 3. The molecule has 0 spiro atoms. The van der Waals surface area contributed by atoms with Crippen molar-refractivity contribution in [3.63, 3.8) is 0 Å². The molecule has 2 aromatic heterocycles. The number of H-pyrrole nitrogens is 1. The van der Waals surface area contributed by atoms with Crippen molar-refractivity contribution < 1.29 is 0 Å². The van der Waals surface area contributed by atoms with Crippen LogP contribution in [0.3, 0.4) is 0 Å². The van der Waals surface area contributed by atoms with Crippen molar-refractivity contribution in [3.8, 4) is 0 Å². The molecule has 0 saturated carbocycles. The maximum Gasteiger partial charge on any atom is 0.183 e. The Morgan fingerprint density at radius 3 is 3.13 bits per heavy atom. The molecule has 5 heteroatoms. The molecule has 2 aromatic rings. The fraction of sp³-hybridized carbons (Fsp3) is 0.400. The number of thiazole rings is 1. The normalized spacial score (nSPS) is 10.5. The summed E-state index contributed by atoms with van der Waals surface area (Å²) in [6, 6.07) is 0. The largest absolute Gasteiger partial charge is 0.354 e. The van der Waals surface area contributed by atoms with E-state index < -0.39 is 0 Å². The van der Waals surface area contributed by atoms with Gasteiger partial charge in [0.1, 0.15) is 5.82 Å². The fourth-order valence-corrected chi connectivity index (χ4v) is 2.21. The van der Waals surface area contributed by atoms with Crippen LogP contribution in [0, 0.1) is 0 Å². The summed E-state index contributed by atoms with van der Waals surface area (Å²) < 4.78 is 0. The Morgan fingerprint density at radius 2 is 2.40 bits per heavy atom. The maximum atomic E-state index is 4.30. The van der Waals surface area contributed by atoms with Crippen LogP contribution in [-0.4, -0.2) is 15.0 Å². The van der Waals surface area contributed by atoms with Crippen molar-refractivity contribution in [3.05, 3.63) is 29.3 Å². The van der Waals surface area contributed by atoms with Gasteiger partial charge >= 0.3 is 0 Å². The Hall–Kier alpha value is -1.36.